The van der Waals surface area contributed by atoms with Crippen molar-refractivity contribution in [3.05, 3.63) is 48.4 Å². The molecule has 2 aromatic carbocycles. The van der Waals surface area contributed by atoms with Crippen LogP contribution in [0.15, 0.2) is 42.7 Å². The number of imidazole rings is 1. The van der Waals surface area contributed by atoms with Crippen molar-refractivity contribution in [3.8, 4) is 11.5 Å². The average molecular weight is 427 g/mol. The van der Waals surface area contributed by atoms with Crippen LogP contribution in [0.4, 0.5) is 11.4 Å². The number of aromatic amines is 1. The van der Waals surface area contributed by atoms with E-state index in [0.29, 0.717) is 0 Å². The fourth-order valence-corrected chi connectivity index (χ4v) is 3.42. The number of aryl methyl sites for hydroxylation is 1. The topological polar surface area (TPSA) is 72.1 Å². The molecule has 2 heterocycles. The van der Waals surface area contributed by atoms with Gasteiger partial charge in [-0.2, -0.15) is 0 Å². The Bertz CT molecular complexity index is 1170. The lowest BCUT2D eigenvalue weighted by molar-refractivity contribution is 0.199. The van der Waals surface area contributed by atoms with Gasteiger partial charge in [0, 0.05) is 28.4 Å². The fourth-order valence-electron chi connectivity index (χ4n) is 3.42. The molecule has 2 aromatic heterocycles. The van der Waals surface area contributed by atoms with Crippen LogP contribution in [0.1, 0.15) is 33.4 Å². The van der Waals surface area contributed by atoms with Crippen molar-refractivity contribution in [1.82, 2.24) is 15.0 Å². The Labute approximate surface area is 182 Å². The molecule has 6 nitrogen and oxygen atoms in total. The predicted octanol–water partition coefficient (Wildman–Crippen LogP) is 6.16. The van der Waals surface area contributed by atoms with Gasteiger partial charge in [0.15, 0.2) is 11.5 Å². The summed E-state index contributed by atoms with van der Waals surface area (Å²) in [5.41, 5.74) is 5.70. The van der Waals surface area contributed by atoms with Gasteiger partial charge in [-0.1, -0.05) is 0 Å². The average Bonchev–Trinajstić information content (AvgIpc) is 3.11. The molecule has 0 fully saturated rings. The maximum absolute atomic E-state index is 6.00. The third kappa shape index (κ3) is 4.44. The van der Waals surface area contributed by atoms with E-state index in [1.54, 1.807) is 6.33 Å². The Kier molecular flexibility index (Phi) is 6.37. The monoisotopic (exact) mass is 426 g/mol. The quantitative estimate of drug-likeness (QED) is 0.386. The maximum Gasteiger partial charge on any atom is 0.163 e. The highest BCUT2D eigenvalue weighted by Gasteiger charge is 2.13. The summed E-state index contributed by atoms with van der Waals surface area (Å²) in [6.07, 6.45) is 1.72. The zero-order valence-electron chi connectivity index (χ0n) is 17.8. The first-order chi connectivity index (χ1) is 13.9. The molecule has 0 saturated carbocycles. The number of benzene rings is 2. The largest absolute Gasteiger partial charge is 0.487 e. The SMILES string of the molecule is Cc1cc(Nc2ccc(OC(C)C)c(OC(C)C)c2)c2c(ccc3ncnc32)[nH]1.Cl. The molecule has 0 saturated heterocycles. The Morgan fingerprint density at radius 3 is 2.37 bits per heavy atom. The number of aromatic nitrogens is 3. The maximum atomic E-state index is 6.00. The zero-order valence-corrected chi connectivity index (χ0v) is 18.6. The van der Waals surface area contributed by atoms with Gasteiger partial charge in [-0.3, -0.25) is 0 Å². The van der Waals surface area contributed by atoms with Gasteiger partial charge in [0.25, 0.3) is 0 Å². The number of hydrogen-bond acceptors (Lipinski definition) is 5. The van der Waals surface area contributed by atoms with Crippen LogP contribution >= 0.6 is 12.4 Å². The third-order valence-electron chi connectivity index (χ3n) is 4.45. The molecule has 4 rings (SSSR count). The molecule has 0 aliphatic heterocycles. The number of halogens is 1. The molecule has 2 N–H and O–H groups in total. The normalized spacial score (nSPS) is 11.2. The van der Waals surface area contributed by atoms with Crippen LogP contribution < -0.4 is 14.8 Å². The fraction of sp³-hybridized carbons (Fsp3) is 0.304. The first-order valence-electron chi connectivity index (χ1n) is 9.88. The molecule has 0 aliphatic carbocycles. The molecule has 0 unspecified atom stereocenters. The van der Waals surface area contributed by atoms with Crippen molar-refractivity contribution >= 4 is 45.7 Å². The molecule has 0 radical (unpaired) electrons. The summed E-state index contributed by atoms with van der Waals surface area (Å²) >= 11 is 0. The third-order valence-corrected chi connectivity index (χ3v) is 4.45. The first kappa shape index (κ1) is 21.7. The minimum atomic E-state index is 0. The lowest BCUT2D eigenvalue weighted by Gasteiger charge is -2.19. The number of hydrogen-bond donors (Lipinski definition) is 2. The van der Waals surface area contributed by atoms with Gasteiger partial charge in [-0.15, -0.1) is 12.4 Å². The number of pyridine rings is 1. The summed E-state index contributed by atoms with van der Waals surface area (Å²) in [5, 5.41) is 4.55. The van der Waals surface area contributed by atoms with Gasteiger partial charge in [-0.05, 0) is 65.0 Å². The first-order valence-corrected chi connectivity index (χ1v) is 9.88. The highest BCUT2D eigenvalue weighted by molar-refractivity contribution is 6.10. The van der Waals surface area contributed by atoms with Crippen LogP contribution in [-0.2, 0) is 0 Å². The van der Waals surface area contributed by atoms with E-state index in [2.05, 4.69) is 26.3 Å². The molecule has 0 spiro atoms. The lowest BCUT2D eigenvalue weighted by atomic mass is 10.1. The van der Waals surface area contributed by atoms with Crippen LogP contribution in [0.25, 0.3) is 21.9 Å². The molecule has 7 heteroatoms. The van der Waals surface area contributed by atoms with Crippen molar-refractivity contribution in [2.45, 2.75) is 46.8 Å². The van der Waals surface area contributed by atoms with E-state index in [1.165, 1.54) is 0 Å². The van der Waals surface area contributed by atoms with Crippen LogP contribution in [0.5, 0.6) is 11.5 Å². The molecular weight excluding hydrogens is 400 g/mol. The number of H-pyrrole nitrogens is 1. The van der Waals surface area contributed by atoms with Crippen LogP contribution in [0.3, 0.4) is 0 Å². The van der Waals surface area contributed by atoms with Crippen molar-refractivity contribution in [2.75, 3.05) is 5.32 Å². The highest BCUT2D eigenvalue weighted by atomic mass is 35.5. The van der Waals surface area contributed by atoms with Gasteiger partial charge < -0.3 is 19.8 Å². The van der Waals surface area contributed by atoms with E-state index >= 15 is 0 Å². The van der Waals surface area contributed by atoms with Crippen molar-refractivity contribution in [2.24, 2.45) is 0 Å². The van der Waals surface area contributed by atoms with Gasteiger partial charge in [0.1, 0.15) is 11.8 Å². The summed E-state index contributed by atoms with van der Waals surface area (Å²) in [6.45, 7) is 10.1. The standard InChI is InChI=1S/C23H26N4O2.ClH/c1-13(2)28-20-9-6-16(11-21(20)29-14(3)4)27-19-10-15(5)26-17-7-8-18-23(22(17)19)25-12-24-18;/h6-14,26-27H,1-5H3;1H. The van der Waals surface area contributed by atoms with E-state index in [9.17, 15) is 0 Å². The second-order valence-corrected chi connectivity index (χ2v) is 7.72. The Hall–Kier alpha value is -2.99. The molecule has 0 bridgehead atoms. The number of nitrogens with one attached hydrogen (secondary N) is 2. The van der Waals surface area contributed by atoms with Crippen LogP contribution in [0.2, 0.25) is 0 Å². The molecule has 0 amide bonds. The molecule has 30 heavy (non-hydrogen) atoms. The number of anilines is 2. The Balaban J connectivity index is 0.00000256. The Morgan fingerprint density at radius 2 is 1.63 bits per heavy atom. The number of ether oxygens (including phenoxy) is 2. The number of rotatable bonds is 6. The van der Waals surface area contributed by atoms with Gasteiger partial charge >= 0.3 is 0 Å². The van der Waals surface area contributed by atoms with E-state index in [4.69, 9.17) is 9.47 Å². The van der Waals surface area contributed by atoms with Gasteiger partial charge in [0.2, 0.25) is 0 Å². The molecule has 0 atom stereocenters. The Morgan fingerprint density at radius 1 is 0.900 bits per heavy atom. The predicted molar refractivity (Wildman–Crippen MR) is 125 cm³/mol. The van der Waals surface area contributed by atoms with E-state index in [-0.39, 0.29) is 24.6 Å². The zero-order chi connectivity index (χ0) is 20.5. The second kappa shape index (κ2) is 8.79. The van der Waals surface area contributed by atoms with E-state index in [1.807, 2.05) is 65.0 Å². The number of fused-ring (bicyclic) bond motifs is 3. The molecule has 4 aromatic rings. The van der Waals surface area contributed by atoms with Crippen LogP contribution in [-0.4, -0.2) is 27.2 Å². The van der Waals surface area contributed by atoms with Crippen molar-refractivity contribution in [1.29, 1.82) is 0 Å². The van der Waals surface area contributed by atoms with Crippen molar-refractivity contribution in [3.63, 3.8) is 0 Å². The van der Waals surface area contributed by atoms with Crippen molar-refractivity contribution < 1.29 is 9.47 Å². The smallest absolute Gasteiger partial charge is 0.163 e. The summed E-state index contributed by atoms with van der Waals surface area (Å²) in [6, 6.07) is 12.0. The van der Waals surface area contributed by atoms with E-state index < -0.39 is 0 Å². The minimum absolute atomic E-state index is 0. The minimum Gasteiger partial charge on any atom is -0.487 e. The molecular formula is C23H27ClN4O2. The second-order valence-electron chi connectivity index (χ2n) is 7.72. The lowest BCUT2D eigenvalue weighted by Crippen LogP contribution is -2.11. The van der Waals surface area contributed by atoms with Gasteiger partial charge in [-0.25, -0.2) is 9.97 Å². The summed E-state index contributed by atoms with van der Waals surface area (Å²) in [7, 11) is 0. The number of nitrogens with zero attached hydrogens (tertiary/aromatic N) is 2. The summed E-state index contributed by atoms with van der Waals surface area (Å²) < 4.78 is 11.9. The van der Waals surface area contributed by atoms with E-state index in [0.717, 1.165) is 50.5 Å². The molecule has 158 valence electrons. The summed E-state index contributed by atoms with van der Waals surface area (Å²) in [5.74, 6) is 1.46. The van der Waals surface area contributed by atoms with Crippen LogP contribution in [0, 0.1) is 6.92 Å². The highest BCUT2D eigenvalue weighted by Crippen LogP contribution is 2.36. The summed E-state index contributed by atoms with van der Waals surface area (Å²) in [4.78, 5) is 12.2. The molecule has 0 aliphatic rings. The van der Waals surface area contributed by atoms with Gasteiger partial charge in [0.05, 0.1) is 23.4 Å².